The maximum Gasteiger partial charge on any atom is 0.0650 e. The summed E-state index contributed by atoms with van der Waals surface area (Å²) in [7, 11) is 0. The molecule has 0 atom stereocenters. The standard InChI is InChI=1S/C24H22N2.C2H6/c1-18-11-12-20(14-13-19-7-3-2-4-8-19)15-23(18)26-24-17-25-16-21-9-5-6-10-22(21)24;1-2/h2-12,15-17,26H,13-14H2,1H3;1-2H3. The van der Waals surface area contributed by atoms with E-state index in [1.54, 1.807) is 0 Å². The van der Waals surface area contributed by atoms with Gasteiger partial charge in [-0.25, -0.2) is 0 Å². The third-order valence-electron chi connectivity index (χ3n) is 4.78. The molecule has 4 aromatic rings. The number of aromatic nitrogens is 1. The first-order valence-corrected chi connectivity index (χ1v) is 10.0. The van der Waals surface area contributed by atoms with Crippen LogP contribution in [0.5, 0.6) is 0 Å². The van der Waals surface area contributed by atoms with E-state index in [9.17, 15) is 0 Å². The van der Waals surface area contributed by atoms with E-state index in [0.29, 0.717) is 0 Å². The summed E-state index contributed by atoms with van der Waals surface area (Å²) in [5, 5.41) is 5.93. The van der Waals surface area contributed by atoms with E-state index >= 15 is 0 Å². The fraction of sp³-hybridized carbons (Fsp3) is 0.192. The topological polar surface area (TPSA) is 24.9 Å². The van der Waals surface area contributed by atoms with Gasteiger partial charge in [-0.2, -0.15) is 0 Å². The highest BCUT2D eigenvalue weighted by atomic mass is 14.9. The molecule has 0 saturated carbocycles. The first-order chi connectivity index (χ1) is 13.8. The third kappa shape index (κ3) is 4.77. The number of hydrogen-bond donors (Lipinski definition) is 1. The Morgan fingerprint density at radius 3 is 2.25 bits per heavy atom. The molecule has 0 aliphatic carbocycles. The number of benzene rings is 3. The number of anilines is 2. The van der Waals surface area contributed by atoms with Gasteiger partial charge in [0.1, 0.15) is 0 Å². The van der Waals surface area contributed by atoms with E-state index in [-0.39, 0.29) is 0 Å². The Bertz CT molecular complexity index is 1020. The Morgan fingerprint density at radius 1 is 0.714 bits per heavy atom. The average Bonchev–Trinajstić information content (AvgIpc) is 2.77. The van der Waals surface area contributed by atoms with Crippen molar-refractivity contribution in [3.05, 3.63) is 102 Å². The molecule has 0 aliphatic rings. The maximum absolute atomic E-state index is 4.37. The van der Waals surface area contributed by atoms with Crippen LogP contribution >= 0.6 is 0 Å². The van der Waals surface area contributed by atoms with Gasteiger partial charge >= 0.3 is 0 Å². The highest BCUT2D eigenvalue weighted by molar-refractivity contribution is 5.94. The molecular weight excluding hydrogens is 340 g/mol. The van der Waals surface area contributed by atoms with Crippen molar-refractivity contribution in [1.82, 2.24) is 4.98 Å². The van der Waals surface area contributed by atoms with Crippen LogP contribution in [0, 0.1) is 6.92 Å². The first-order valence-electron chi connectivity index (χ1n) is 10.0. The zero-order chi connectivity index (χ0) is 19.8. The van der Waals surface area contributed by atoms with Gasteiger partial charge in [0.05, 0.1) is 11.9 Å². The van der Waals surface area contributed by atoms with Crippen molar-refractivity contribution in [2.45, 2.75) is 33.6 Å². The lowest BCUT2D eigenvalue weighted by Gasteiger charge is -2.13. The number of nitrogens with zero attached hydrogens (tertiary/aromatic N) is 1. The van der Waals surface area contributed by atoms with Crippen LogP contribution in [0.3, 0.4) is 0 Å². The van der Waals surface area contributed by atoms with Crippen LogP contribution < -0.4 is 5.32 Å². The first kappa shape index (κ1) is 19.6. The number of pyridine rings is 1. The molecule has 0 amide bonds. The molecule has 28 heavy (non-hydrogen) atoms. The number of aryl methyl sites for hydroxylation is 3. The van der Waals surface area contributed by atoms with Gasteiger partial charge in [0.25, 0.3) is 0 Å². The Hall–Kier alpha value is -3.13. The smallest absolute Gasteiger partial charge is 0.0650 e. The molecule has 0 fully saturated rings. The van der Waals surface area contributed by atoms with Crippen molar-refractivity contribution in [2.24, 2.45) is 0 Å². The van der Waals surface area contributed by atoms with Crippen molar-refractivity contribution in [3.8, 4) is 0 Å². The van der Waals surface area contributed by atoms with Crippen LogP contribution in [-0.2, 0) is 12.8 Å². The summed E-state index contributed by atoms with van der Waals surface area (Å²) in [4.78, 5) is 4.37. The van der Waals surface area contributed by atoms with Gasteiger partial charge in [0.2, 0.25) is 0 Å². The summed E-state index contributed by atoms with van der Waals surface area (Å²) >= 11 is 0. The molecule has 0 unspecified atom stereocenters. The Labute approximate surface area is 168 Å². The van der Waals surface area contributed by atoms with Gasteiger partial charge in [-0.1, -0.05) is 80.6 Å². The lowest BCUT2D eigenvalue weighted by molar-refractivity contribution is 0.960. The molecule has 0 radical (unpaired) electrons. The van der Waals surface area contributed by atoms with Crippen LogP contribution in [0.4, 0.5) is 11.4 Å². The Balaban J connectivity index is 0.00000109. The Kier molecular flexibility index (Phi) is 6.80. The normalized spacial score (nSPS) is 10.2. The maximum atomic E-state index is 4.37. The number of rotatable bonds is 5. The predicted octanol–water partition coefficient (Wildman–Crippen LogP) is 7.10. The molecule has 142 valence electrons. The monoisotopic (exact) mass is 368 g/mol. The van der Waals surface area contributed by atoms with Crippen molar-refractivity contribution >= 4 is 22.1 Å². The van der Waals surface area contributed by atoms with Crippen LogP contribution in [0.2, 0.25) is 0 Å². The zero-order valence-corrected chi connectivity index (χ0v) is 16.9. The van der Waals surface area contributed by atoms with Gasteiger partial charge < -0.3 is 5.32 Å². The van der Waals surface area contributed by atoms with Crippen LogP contribution in [0.15, 0.2) is 85.2 Å². The fourth-order valence-corrected chi connectivity index (χ4v) is 3.25. The lowest BCUT2D eigenvalue weighted by Crippen LogP contribution is -1.98. The molecule has 0 saturated heterocycles. The lowest BCUT2D eigenvalue weighted by atomic mass is 10.0. The van der Waals surface area contributed by atoms with Gasteiger partial charge in [-0.3, -0.25) is 4.98 Å². The van der Waals surface area contributed by atoms with Crippen molar-refractivity contribution in [2.75, 3.05) is 5.32 Å². The average molecular weight is 369 g/mol. The highest BCUT2D eigenvalue weighted by Gasteiger charge is 2.05. The molecule has 0 aliphatic heterocycles. The summed E-state index contributed by atoms with van der Waals surface area (Å²) in [5.41, 5.74) is 6.15. The largest absolute Gasteiger partial charge is 0.354 e. The molecule has 0 bridgehead atoms. The molecule has 3 aromatic carbocycles. The molecular formula is C26H28N2. The van der Waals surface area contributed by atoms with Crippen molar-refractivity contribution in [1.29, 1.82) is 0 Å². The summed E-state index contributed by atoms with van der Waals surface area (Å²) < 4.78 is 0. The van der Waals surface area contributed by atoms with E-state index < -0.39 is 0 Å². The number of hydrogen-bond acceptors (Lipinski definition) is 2. The molecule has 4 rings (SSSR count). The summed E-state index contributed by atoms with van der Waals surface area (Å²) in [6.07, 6.45) is 5.90. The Morgan fingerprint density at radius 2 is 1.43 bits per heavy atom. The molecule has 1 heterocycles. The van der Waals surface area contributed by atoms with Gasteiger partial charge in [-0.15, -0.1) is 0 Å². The van der Waals surface area contributed by atoms with Crippen molar-refractivity contribution < 1.29 is 0 Å². The van der Waals surface area contributed by atoms with Gasteiger partial charge in [0.15, 0.2) is 0 Å². The second-order valence-corrected chi connectivity index (χ2v) is 6.67. The van der Waals surface area contributed by atoms with Crippen molar-refractivity contribution in [3.63, 3.8) is 0 Å². The summed E-state index contributed by atoms with van der Waals surface area (Å²) in [5.74, 6) is 0. The van der Waals surface area contributed by atoms with Crippen LogP contribution in [0.1, 0.15) is 30.5 Å². The summed E-state index contributed by atoms with van der Waals surface area (Å²) in [6, 6.07) is 25.7. The van der Waals surface area contributed by atoms with E-state index in [0.717, 1.165) is 29.6 Å². The molecule has 1 aromatic heterocycles. The van der Waals surface area contributed by atoms with Gasteiger partial charge in [-0.05, 0) is 42.5 Å². The molecule has 0 spiro atoms. The minimum Gasteiger partial charge on any atom is -0.354 e. The minimum absolute atomic E-state index is 1.03. The second kappa shape index (κ2) is 9.70. The van der Waals surface area contributed by atoms with Gasteiger partial charge in [0, 0.05) is 22.7 Å². The molecule has 1 N–H and O–H groups in total. The SMILES string of the molecule is CC.Cc1ccc(CCc2ccccc2)cc1Nc1cncc2ccccc12. The fourth-order valence-electron chi connectivity index (χ4n) is 3.25. The predicted molar refractivity (Wildman–Crippen MR) is 121 cm³/mol. The van der Waals surface area contributed by atoms with E-state index in [2.05, 4.69) is 84.0 Å². The number of fused-ring (bicyclic) bond motifs is 1. The molecule has 2 heteroatoms. The quantitative estimate of drug-likeness (QED) is 0.406. The molecule has 2 nitrogen and oxygen atoms in total. The van der Waals surface area contributed by atoms with E-state index in [1.165, 1.54) is 22.1 Å². The minimum atomic E-state index is 1.03. The zero-order valence-electron chi connectivity index (χ0n) is 16.9. The van der Waals surface area contributed by atoms with E-state index in [1.807, 2.05) is 32.3 Å². The number of nitrogens with one attached hydrogen (secondary N) is 1. The van der Waals surface area contributed by atoms with Crippen LogP contribution in [0.25, 0.3) is 10.8 Å². The van der Waals surface area contributed by atoms with Crippen LogP contribution in [-0.4, -0.2) is 4.98 Å². The summed E-state index contributed by atoms with van der Waals surface area (Å²) in [6.45, 7) is 6.14. The third-order valence-corrected chi connectivity index (χ3v) is 4.78. The highest BCUT2D eigenvalue weighted by Crippen LogP contribution is 2.27. The van der Waals surface area contributed by atoms with E-state index in [4.69, 9.17) is 0 Å². The second-order valence-electron chi connectivity index (χ2n) is 6.67.